The Morgan fingerprint density at radius 2 is 1.73 bits per heavy atom. The third kappa shape index (κ3) is 14.9. The molecule has 1 aromatic carbocycles. The first kappa shape index (κ1) is 30.5. The maximum absolute atomic E-state index is 5.76. The summed E-state index contributed by atoms with van der Waals surface area (Å²) in [5.74, 6) is 1.42. The van der Waals surface area contributed by atoms with Crippen molar-refractivity contribution < 1.29 is 51.7 Å². The molecule has 0 aliphatic heterocycles. The molecule has 0 saturated heterocycles. The van der Waals surface area contributed by atoms with E-state index < -0.39 is 0 Å². The van der Waals surface area contributed by atoms with E-state index in [0.29, 0.717) is 5.75 Å². The topological polar surface area (TPSA) is 62.9 Å². The normalized spacial score (nSPS) is 10.5. The van der Waals surface area contributed by atoms with Crippen molar-refractivity contribution in [3.8, 4) is 11.5 Å². The van der Waals surface area contributed by atoms with Crippen LogP contribution in [0.4, 0.5) is 0 Å². The van der Waals surface area contributed by atoms with Gasteiger partial charge in [-0.2, -0.15) is 6.42 Å². The molecule has 151 valence electrons. The summed E-state index contributed by atoms with van der Waals surface area (Å²) in [5.41, 5.74) is 6.69. The summed E-state index contributed by atoms with van der Waals surface area (Å²) in [6.07, 6.45) is 3.09. The van der Waals surface area contributed by atoms with Gasteiger partial charge in [0.2, 0.25) is 0 Å². The van der Waals surface area contributed by atoms with Crippen LogP contribution in [0.25, 0.3) is 0 Å². The second-order valence-electron chi connectivity index (χ2n) is 5.25. The van der Waals surface area contributed by atoms with Gasteiger partial charge in [0.1, 0.15) is 0 Å². The van der Waals surface area contributed by atoms with Crippen LogP contribution in [-0.2, 0) is 42.2 Å². The molecule has 0 bridgehead atoms. The van der Waals surface area contributed by atoms with Crippen molar-refractivity contribution in [3.63, 3.8) is 0 Å². The van der Waals surface area contributed by atoms with Crippen molar-refractivity contribution in [3.05, 3.63) is 30.7 Å². The van der Waals surface area contributed by atoms with Crippen LogP contribution in [-0.4, -0.2) is 40.6 Å². The molecule has 5 nitrogen and oxygen atoms in total. The number of rotatable bonds is 11. The summed E-state index contributed by atoms with van der Waals surface area (Å²) in [6, 6.07) is 6.43. The van der Waals surface area contributed by atoms with Gasteiger partial charge >= 0.3 is 0 Å². The van der Waals surface area contributed by atoms with Crippen molar-refractivity contribution in [2.24, 2.45) is 5.73 Å². The number of hydrogen-bond donors (Lipinski definition) is 1. The van der Waals surface area contributed by atoms with E-state index in [-0.39, 0.29) is 46.2 Å². The van der Waals surface area contributed by atoms with Crippen molar-refractivity contribution in [1.29, 1.82) is 0 Å². The fourth-order valence-electron chi connectivity index (χ4n) is 1.79. The van der Waals surface area contributed by atoms with Gasteiger partial charge < -0.3 is 31.6 Å². The molecule has 26 heavy (non-hydrogen) atoms. The fourth-order valence-corrected chi connectivity index (χ4v) is 1.79. The van der Waals surface area contributed by atoms with Crippen LogP contribution in [0, 0.1) is 13.0 Å². The Morgan fingerprint density at radius 1 is 1.12 bits per heavy atom. The van der Waals surface area contributed by atoms with Crippen LogP contribution in [0.2, 0.25) is 0 Å². The molecule has 0 fully saturated rings. The monoisotopic (exact) mass is 444 g/mol. The standard InChI is InChI=1S/C10H14NO2.C9H19O2.CH4.Y/c1-7(11)9-6-8(12-2)4-5-10(9)13-3;1-3-5-7-11-9-8-10-6-4-2;;/h5-7H,11H2,1-3H3;1,3-9H2,2H3;1H4;/q2*-1;;. The first-order chi connectivity index (χ1) is 11.6. The molecule has 0 saturated carbocycles. The van der Waals surface area contributed by atoms with Crippen molar-refractivity contribution in [2.75, 3.05) is 40.6 Å². The number of hydrogen-bond acceptors (Lipinski definition) is 5. The molecule has 2 N–H and O–H groups in total. The predicted molar refractivity (Wildman–Crippen MR) is 104 cm³/mol. The van der Waals surface area contributed by atoms with Crippen LogP contribution >= 0.6 is 0 Å². The van der Waals surface area contributed by atoms with Crippen molar-refractivity contribution in [1.82, 2.24) is 0 Å². The summed E-state index contributed by atoms with van der Waals surface area (Å²) in [7, 11) is 3.21. The zero-order valence-electron chi connectivity index (χ0n) is 16.2. The van der Waals surface area contributed by atoms with E-state index in [1.165, 1.54) is 0 Å². The Morgan fingerprint density at radius 3 is 2.19 bits per heavy atom. The van der Waals surface area contributed by atoms with Gasteiger partial charge in [0.15, 0.2) is 0 Å². The molecule has 1 unspecified atom stereocenters. The van der Waals surface area contributed by atoms with Gasteiger partial charge in [0.25, 0.3) is 0 Å². The average molecular weight is 444 g/mol. The Bertz CT molecular complexity index is 409. The van der Waals surface area contributed by atoms with E-state index >= 15 is 0 Å². The molecule has 0 aromatic heterocycles. The summed E-state index contributed by atoms with van der Waals surface area (Å²) < 4.78 is 20.7. The minimum Gasteiger partial charge on any atom is -0.554 e. The Balaban J connectivity index is -0.000000383. The molecule has 1 radical (unpaired) electrons. The molecule has 1 atom stereocenters. The van der Waals surface area contributed by atoms with E-state index in [0.717, 1.165) is 57.0 Å². The Labute approximate surface area is 186 Å². The van der Waals surface area contributed by atoms with Gasteiger partial charge in [0, 0.05) is 63.5 Å². The summed E-state index contributed by atoms with van der Waals surface area (Å²) >= 11 is 0. The van der Waals surface area contributed by atoms with Crippen molar-refractivity contribution >= 4 is 0 Å². The van der Waals surface area contributed by atoms with Crippen LogP contribution in [0.1, 0.15) is 52.1 Å². The van der Waals surface area contributed by atoms with Gasteiger partial charge in [-0.1, -0.05) is 26.3 Å². The van der Waals surface area contributed by atoms with E-state index in [4.69, 9.17) is 24.7 Å². The number of methoxy groups -OCH3 is 2. The summed E-state index contributed by atoms with van der Waals surface area (Å²) in [5, 5.41) is 0. The second-order valence-corrected chi connectivity index (χ2v) is 5.25. The molecule has 6 heteroatoms. The molecule has 0 aliphatic rings. The Hall–Kier alpha value is -0.196. The van der Waals surface area contributed by atoms with Crippen LogP contribution < -0.4 is 15.2 Å². The molecular weight excluding hydrogens is 407 g/mol. The molecular formula is C20H37NO4Y-2. The second kappa shape index (κ2) is 21.1. The number of ether oxygens (including phenoxy) is 4. The minimum atomic E-state index is -0.0709. The zero-order valence-corrected chi connectivity index (χ0v) is 19.0. The Kier molecular flexibility index (Phi) is 24.8. The maximum Gasteiger partial charge on any atom is 0.0743 e. The number of nitrogens with two attached hydrogens (primary N) is 1. The predicted octanol–water partition coefficient (Wildman–Crippen LogP) is 4.20. The number of unbranched alkanes of at least 4 members (excludes halogenated alkanes) is 1. The number of benzene rings is 1. The van der Waals surface area contributed by atoms with Gasteiger partial charge in [-0.05, 0) is 13.3 Å². The van der Waals surface area contributed by atoms with Crippen LogP contribution in [0.15, 0.2) is 12.1 Å². The first-order valence-corrected chi connectivity index (χ1v) is 8.44. The molecule has 0 amide bonds. The smallest absolute Gasteiger partial charge is 0.0743 e. The molecule has 1 rings (SSSR count). The largest absolute Gasteiger partial charge is 0.554 e. The van der Waals surface area contributed by atoms with Gasteiger partial charge in [0.05, 0.1) is 27.4 Å². The fraction of sp³-hybridized carbons (Fsp3) is 0.650. The van der Waals surface area contributed by atoms with Gasteiger partial charge in [-0.3, -0.25) is 0 Å². The van der Waals surface area contributed by atoms with E-state index in [1.54, 1.807) is 20.3 Å². The third-order valence-electron chi connectivity index (χ3n) is 3.11. The van der Waals surface area contributed by atoms with E-state index in [2.05, 4.69) is 19.9 Å². The van der Waals surface area contributed by atoms with Gasteiger partial charge in [-0.15, -0.1) is 18.2 Å². The molecule has 1 aromatic rings. The quantitative estimate of drug-likeness (QED) is 0.410. The first-order valence-electron chi connectivity index (χ1n) is 8.44. The van der Waals surface area contributed by atoms with Gasteiger partial charge in [-0.25, -0.2) is 0 Å². The van der Waals surface area contributed by atoms with E-state index in [9.17, 15) is 0 Å². The van der Waals surface area contributed by atoms with Crippen LogP contribution in [0.3, 0.4) is 0 Å². The SMILES string of the molecule is C.COc1[c-]cc(OC)c(C(C)N)c1.[CH2-]CCCOCCOCCC.[Y]. The summed E-state index contributed by atoms with van der Waals surface area (Å²) in [6.45, 7) is 10.8. The molecule has 0 aliphatic carbocycles. The zero-order chi connectivity index (χ0) is 18.2. The average Bonchev–Trinajstić information content (AvgIpc) is 2.61. The maximum atomic E-state index is 5.76. The summed E-state index contributed by atoms with van der Waals surface area (Å²) in [4.78, 5) is 0. The molecule has 0 spiro atoms. The minimum absolute atomic E-state index is 0. The van der Waals surface area contributed by atoms with Crippen molar-refractivity contribution in [2.45, 2.75) is 46.6 Å². The van der Waals surface area contributed by atoms with Crippen LogP contribution in [0.5, 0.6) is 11.5 Å². The van der Waals surface area contributed by atoms with E-state index in [1.807, 2.05) is 13.0 Å². The molecule has 0 heterocycles. The third-order valence-corrected chi connectivity index (χ3v) is 3.11.